The third-order valence-electron chi connectivity index (χ3n) is 4.25. The number of nitrogens with one attached hydrogen (secondary N) is 1. The number of benzene rings is 1. The highest BCUT2D eigenvalue weighted by molar-refractivity contribution is 8.00. The maximum Gasteiger partial charge on any atom is 0.132 e. The van der Waals surface area contributed by atoms with Gasteiger partial charge in [-0.1, -0.05) is 32.9 Å². The van der Waals surface area contributed by atoms with E-state index in [0.717, 1.165) is 12.3 Å². The van der Waals surface area contributed by atoms with E-state index >= 15 is 0 Å². The lowest BCUT2D eigenvalue weighted by atomic mass is 9.87. The lowest BCUT2D eigenvalue weighted by Crippen LogP contribution is -2.43. The molecule has 112 valence electrons. The van der Waals surface area contributed by atoms with Gasteiger partial charge in [0.2, 0.25) is 0 Å². The summed E-state index contributed by atoms with van der Waals surface area (Å²) in [6.45, 7) is 8.13. The molecule has 0 aliphatic heterocycles. The maximum atomic E-state index is 5.48. The Balaban J connectivity index is 2.11. The molecule has 1 aromatic carbocycles. The number of rotatable bonds is 6. The molecular weight excluding hydrogens is 266 g/mol. The van der Waals surface area contributed by atoms with Gasteiger partial charge < -0.3 is 10.1 Å². The summed E-state index contributed by atoms with van der Waals surface area (Å²) in [5.74, 6) is 0.997. The predicted molar refractivity (Wildman–Crippen MR) is 87.7 cm³/mol. The fourth-order valence-corrected chi connectivity index (χ4v) is 4.64. The van der Waals surface area contributed by atoms with Gasteiger partial charge in [-0.15, -0.1) is 11.8 Å². The van der Waals surface area contributed by atoms with Crippen LogP contribution in [0.4, 0.5) is 0 Å². The van der Waals surface area contributed by atoms with Gasteiger partial charge in [-0.2, -0.15) is 0 Å². The predicted octanol–water partition coefficient (Wildman–Crippen LogP) is 4.34. The van der Waals surface area contributed by atoms with Gasteiger partial charge in [-0.05, 0) is 43.4 Å². The van der Waals surface area contributed by atoms with Crippen LogP contribution in [0.2, 0.25) is 0 Å². The minimum absolute atomic E-state index is 0.384. The summed E-state index contributed by atoms with van der Waals surface area (Å²) in [6.07, 6.45) is 3.76. The highest BCUT2D eigenvalue weighted by Gasteiger charge is 2.42. The van der Waals surface area contributed by atoms with Gasteiger partial charge in [0.15, 0.2) is 0 Å². The van der Waals surface area contributed by atoms with Gasteiger partial charge in [0, 0.05) is 16.2 Å². The third-order valence-corrected chi connectivity index (χ3v) is 5.65. The standard InChI is InChI=1S/C17H27NOS/c1-5-12-18-16-15(10-11-17(16,2)3)20-14-9-7-6-8-13(14)19-4/h6-9,15-16,18H,5,10-12H2,1-4H3. The number of thioether (sulfide) groups is 1. The lowest BCUT2D eigenvalue weighted by Gasteiger charge is -2.31. The summed E-state index contributed by atoms with van der Waals surface area (Å²) in [5, 5.41) is 4.40. The summed E-state index contributed by atoms with van der Waals surface area (Å²) in [4.78, 5) is 1.26. The van der Waals surface area contributed by atoms with E-state index in [-0.39, 0.29) is 0 Å². The first-order chi connectivity index (χ1) is 9.58. The molecule has 1 fully saturated rings. The van der Waals surface area contributed by atoms with Gasteiger partial charge in [-0.3, -0.25) is 0 Å². The van der Waals surface area contributed by atoms with Crippen molar-refractivity contribution < 1.29 is 4.74 Å². The molecule has 2 atom stereocenters. The second-order valence-corrected chi connectivity index (χ2v) is 7.55. The van der Waals surface area contributed by atoms with Crippen LogP contribution in [-0.2, 0) is 0 Å². The Bertz CT molecular complexity index is 433. The van der Waals surface area contributed by atoms with Crippen molar-refractivity contribution >= 4 is 11.8 Å². The summed E-state index contributed by atoms with van der Waals surface area (Å²) in [6, 6.07) is 8.94. The van der Waals surface area contributed by atoms with Crippen molar-refractivity contribution in [2.24, 2.45) is 5.41 Å². The SMILES string of the molecule is CCCNC1C(Sc2ccccc2OC)CCC1(C)C. The smallest absolute Gasteiger partial charge is 0.132 e. The number of hydrogen-bond acceptors (Lipinski definition) is 3. The Morgan fingerprint density at radius 2 is 2.10 bits per heavy atom. The summed E-state index contributed by atoms with van der Waals surface area (Å²) < 4.78 is 5.48. The largest absolute Gasteiger partial charge is 0.496 e. The van der Waals surface area contributed by atoms with Crippen LogP contribution in [-0.4, -0.2) is 24.9 Å². The van der Waals surface area contributed by atoms with E-state index in [1.54, 1.807) is 7.11 Å². The second kappa shape index (κ2) is 6.86. The number of hydrogen-bond donors (Lipinski definition) is 1. The van der Waals surface area contributed by atoms with Crippen LogP contribution in [0, 0.1) is 5.41 Å². The molecule has 1 aromatic rings. The van der Waals surface area contributed by atoms with E-state index in [9.17, 15) is 0 Å². The molecule has 1 saturated carbocycles. The topological polar surface area (TPSA) is 21.3 Å². The van der Waals surface area contributed by atoms with Gasteiger partial charge in [-0.25, -0.2) is 0 Å². The van der Waals surface area contributed by atoms with Crippen molar-refractivity contribution in [3.05, 3.63) is 24.3 Å². The zero-order chi connectivity index (χ0) is 14.6. The maximum absolute atomic E-state index is 5.48. The molecule has 0 saturated heterocycles. The zero-order valence-electron chi connectivity index (χ0n) is 13.1. The summed E-state index contributed by atoms with van der Waals surface area (Å²) in [5.41, 5.74) is 0.384. The first-order valence-electron chi connectivity index (χ1n) is 7.61. The van der Waals surface area contributed by atoms with Crippen LogP contribution >= 0.6 is 11.8 Å². The number of para-hydroxylation sites is 1. The van der Waals surface area contributed by atoms with Crippen LogP contribution in [0.3, 0.4) is 0 Å². The molecule has 3 heteroatoms. The monoisotopic (exact) mass is 293 g/mol. The third kappa shape index (κ3) is 3.50. The molecule has 0 heterocycles. The van der Waals surface area contributed by atoms with Crippen molar-refractivity contribution in [3.63, 3.8) is 0 Å². The molecule has 2 nitrogen and oxygen atoms in total. The molecule has 1 aliphatic carbocycles. The normalized spacial score (nSPS) is 24.8. The Kier molecular flexibility index (Phi) is 5.39. The minimum Gasteiger partial charge on any atom is -0.496 e. The fourth-order valence-electron chi connectivity index (χ4n) is 3.05. The van der Waals surface area contributed by atoms with Crippen molar-refractivity contribution in [1.82, 2.24) is 5.32 Å². The molecule has 0 radical (unpaired) electrons. The molecule has 0 aromatic heterocycles. The molecular formula is C17H27NOS. The second-order valence-electron chi connectivity index (χ2n) is 6.27. The van der Waals surface area contributed by atoms with Gasteiger partial charge >= 0.3 is 0 Å². The quantitative estimate of drug-likeness (QED) is 0.843. The highest BCUT2D eigenvalue weighted by atomic mass is 32.2. The van der Waals surface area contributed by atoms with Crippen LogP contribution in [0.5, 0.6) is 5.75 Å². The summed E-state index contributed by atoms with van der Waals surface area (Å²) >= 11 is 1.98. The van der Waals surface area contributed by atoms with Crippen molar-refractivity contribution in [2.75, 3.05) is 13.7 Å². The molecule has 0 spiro atoms. The number of ether oxygens (including phenoxy) is 1. The zero-order valence-corrected chi connectivity index (χ0v) is 13.9. The molecule has 2 rings (SSSR count). The first-order valence-corrected chi connectivity index (χ1v) is 8.49. The van der Waals surface area contributed by atoms with Gasteiger partial charge in [0.25, 0.3) is 0 Å². The Hall–Kier alpha value is -0.670. The van der Waals surface area contributed by atoms with Crippen molar-refractivity contribution in [2.45, 2.75) is 56.2 Å². The molecule has 0 amide bonds. The van der Waals surface area contributed by atoms with Gasteiger partial charge in [0.1, 0.15) is 5.75 Å². The summed E-state index contributed by atoms with van der Waals surface area (Å²) in [7, 11) is 1.75. The van der Waals surface area contributed by atoms with Crippen molar-refractivity contribution in [1.29, 1.82) is 0 Å². The molecule has 2 unspecified atom stereocenters. The van der Waals surface area contributed by atoms with Crippen LogP contribution in [0.25, 0.3) is 0 Å². The van der Waals surface area contributed by atoms with E-state index in [1.165, 1.54) is 24.2 Å². The van der Waals surface area contributed by atoms with Crippen molar-refractivity contribution in [3.8, 4) is 5.75 Å². The van der Waals surface area contributed by atoms with Crippen LogP contribution in [0.15, 0.2) is 29.2 Å². The lowest BCUT2D eigenvalue weighted by molar-refractivity contribution is 0.287. The Labute approximate surface area is 127 Å². The highest BCUT2D eigenvalue weighted by Crippen LogP contribution is 2.46. The molecule has 1 aliphatic rings. The number of methoxy groups -OCH3 is 1. The van der Waals surface area contributed by atoms with Crippen LogP contribution < -0.4 is 10.1 Å². The minimum atomic E-state index is 0.384. The Morgan fingerprint density at radius 1 is 1.35 bits per heavy atom. The van der Waals surface area contributed by atoms with E-state index < -0.39 is 0 Å². The average molecular weight is 293 g/mol. The van der Waals surface area contributed by atoms with E-state index in [1.807, 2.05) is 17.8 Å². The molecule has 0 bridgehead atoms. The first kappa shape index (κ1) is 15.7. The van der Waals surface area contributed by atoms with E-state index in [2.05, 4.69) is 44.3 Å². The van der Waals surface area contributed by atoms with E-state index in [4.69, 9.17) is 4.74 Å². The van der Waals surface area contributed by atoms with Gasteiger partial charge in [0.05, 0.1) is 7.11 Å². The van der Waals surface area contributed by atoms with Crippen LogP contribution in [0.1, 0.15) is 40.0 Å². The average Bonchev–Trinajstić information content (AvgIpc) is 2.72. The van der Waals surface area contributed by atoms with E-state index in [0.29, 0.717) is 16.7 Å². The molecule has 20 heavy (non-hydrogen) atoms. The fraction of sp³-hybridized carbons (Fsp3) is 0.647. The molecule has 1 N–H and O–H groups in total. The Morgan fingerprint density at radius 3 is 2.80 bits per heavy atom.